The van der Waals surface area contributed by atoms with Gasteiger partial charge in [-0.3, -0.25) is 9.89 Å². The standard InChI is InChI=1S/C19H38N4O3.HI/c1-4-20-18(22-15-19(24)5-9-25-10-6-19)21-14-17(13-16(2)3)23-7-11-26-12-8-23;/h16-17,24H,4-15H2,1-3H3,(H2,20,21,22);1H. The summed E-state index contributed by atoms with van der Waals surface area (Å²) >= 11 is 0. The van der Waals surface area contributed by atoms with Gasteiger partial charge in [-0.25, -0.2) is 0 Å². The van der Waals surface area contributed by atoms with Crippen LogP contribution in [-0.2, 0) is 9.47 Å². The fraction of sp³-hybridized carbons (Fsp3) is 0.947. The van der Waals surface area contributed by atoms with Gasteiger partial charge in [-0.15, -0.1) is 24.0 Å². The van der Waals surface area contributed by atoms with E-state index in [2.05, 4.69) is 41.3 Å². The second-order valence-electron chi connectivity index (χ2n) is 7.84. The van der Waals surface area contributed by atoms with Gasteiger partial charge in [0.15, 0.2) is 5.96 Å². The molecule has 1 unspecified atom stereocenters. The fourth-order valence-electron chi connectivity index (χ4n) is 3.54. The van der Waals surface area contributed by atoms with Crippen LogP contribution in [0.1, 0.15) is 40.0 Å². The largest absolute Gasteiger partial charge is 0.388 e. The smallest absolute Gasteiger partial charge is 0.191 e. The minimum absolute atomic E-state index is 0. The van der Waals surface area contributed by atoms with Crippen molar-refractivity contribution in [1.82, 2.24) is 15.5 Å². The molecule has 2 rings (SSSR count). The summed E-state index contributed by atoms with van der Waals surface area (Å²) in [4.78, 5) is 7.17. The van der Waals surface area contributed by atoms with E-state index in [0.29, 0.717) is 44.6 Å². The highest BCUT2D eigenvalue weighted by atomic mass is 127. The first kappa shape index (κ1) is 24.9. The summed E-state index contributed by atoms with van der Waals surface area (Å²) in [5.74, 6) is 1.43. The molecule has 2 saturated heterocycles. The molecule has 160 valence electrons. The summed E-state index contributed by atoms with van der Waals surface area (Å²) in [6.07, 6.45) is 2.45. The molecule has 0 bridgehead atoms. The zero-order valence-corrected chi connectivity index (χ0v) is 19.5. The second kappa shape index (κ2) is 13.1. The average molecular weight is 498 g/mol. The van der Waals surface area contributed by atoms with E-state index in [4.69, 9.17) is 9.47 Å². The molecule has 0 radical (unpaired) electrons. The van der Waals surface area contributed by atoms with Gasteiger partial charge in [0.2, 0.25) is 0 Å². The van der Waals surface area contributed by atoms with E-state index in [1.165, 1.54) is 0 Å². The number of aliphatic hydroxyl groups is 1. The van der Waals surface area contributed by atoms with Crippen LogP contribution >= 0.6 is 24.0 Å². The van der Waals surface area contributed by atoms with Crippen molar-refractivity contribution in [3.8, 4) is 0 Å². The van der Waals surface area contributed by atoms with E-state index in [0.717, 1.165) is 51.8 Å². The summed E-state index contributed by atoms with van der Waals surface area (Å²) in [5, 5.41) is 17.4. The highest BCUT2D eigenvalue weighted by Gasteiger charge is 2.29. The molecule has 0 aliphatic carbocycles. The SMILES string of the molecule is CCNC(=NCC1(O)CCOCC1)NCC(CC(C)C)N1CCOCC1.I. The third-order valence-electron chi connectivity index (χ3n) is 5.11. The maximum absolute atomic E-state index is 10.6. The normalized spacial score (nSPS) is 22.2. The van der Waals surface area contributed by atoms with Crippen molar-refractivity contribution in [3.05, 3.63) is 0 Å². The number of morpholine rings is 1. The number of nitrogens with one attached hydrogen (secondary N) is 2. The van der Waals surface area contributed by atoms with Crippen LogP contribution in [0, 0.1) is 5.92 Å². The molecule has 2 aliphatic heterocycles. The predicted molar refractivity (Wildman–Crippen MR) is 120 cm³/mol. The Morgan fingerprint density at radius 3 is 2.33 bits per heavy atom. The number of guanidine groups is 1. The first-order valence-electron chi connectivity index (χ1n) is 10.2. The van der Waals surface area contributed by atoms with E-state index >= 15 is 0 Å². The van der Waals surface area contributed by atoms with Crippen molar-refractivity contribution in [2.75, 3.05) is 59.2 Å². The van der Waals surface area contributed by atoms with Crippen molar-refractivity contribution >= 4 is 29.9 Å². The minimum atomic E-state index is -0.734. The molecular weight excluding hydrogens is 459 g/mol. The molecule has 2 heterocycles. The minimum Gasteiger partial charge on any atom is -0.388 e. The van der Waals surface area contributed by atoms with Gasteiger partial charge >= 0.3 is 0 Å². The van der Waals surface area contributed by atoms with Gasteiger partial charge in [-0.2, -0.15) is 0 Å². The zero-order chi connectivity index (χ0) is 18.8. The van der Waals surface area contributed by atoms with Gasteiger partial charge in [-0.1, -0.05) is 13.8 Å². The number of aliphatic imine (C=N–C) groups is 1. The third-order valence-corrected chi connectivity index (χ3v) is 5.11. The van der Waals surface area contributed by atoms with Gasteiger partial charge in [0.05, 0.1) is 25.4 Å². The molecule has 0 aromatic carbocycles. The highest BCUT2D eigenvalue weighted by molar-refractivity contribution is 14.0. The Labute approximate surface area is 181 Å². The highest BCUT2D eigenvalue weighted by Crippen LogP contribution is 2.20. The van der Waals surface area contributed by atoms with E-state index in [1.807, 2.05) is 0 Å². The molecule has 27 heavy (non-hydrogen) atoms. The molecule has 0 aromatic rings. The first-order chi connectivity index (χ1) is 12.5. The molecule has 1 atom stereocenters. The lowest BCUT2D eigenvalue weighted by atomic mass is 9.95. The van der Waals surface area contributed by atoms with Crippen LogP contribution in [0.5, 0.6) is 0 Å². The summed E-state index contributed by atoms with van der Waals surface area (Å²) < 4.78 is 10.8. The van der Waals surface area contributed by atoms with Gasteiger partial charge in [0.1, 0.15) is 0 Å². The predicted octanol–water partition coefficient (Wildman–Crippen LogP) is 1.45. The van der Waals surface area contributed by atoms with Gasteiger partial charge in [0.25, 0.3) is 0 Å². The molecule has 2 fully saturated rings. The summed E-state index contributed by atoms with van der Waals surface area (Å²) in [6, 6.07) is 0.467. The number of ether oxygens (including phenoxy) is 2. The topological polar surface area (TPSA) is 78.4 Å². The van der Waals surface area contributed by atoms with Crippen LogP contribution in [0.25, 0.3) is 0 Å². The van der Waals surface area contributed by atoms with E-state index in [-0.39, 0.29) is 24.0 Å². The molecule has 0 saturated carbocycles. The van der Waals surface area contributed by atoms with Crippen molar-refractivity contribution in [2.45, 2.75) is 51.7 Å². The Kier molecular flexibility index (Phi) is 12.1. The molecule has 8 heteroatoms. The van der Waals surface area contributed by atoms with E-state index < -0.39 is 5.60 Å². The average Bonchev–Trinajstić information content (AvgIpc) is 2.64. The quantitative estimate of drug-likeness (QED) is 0.267. The van der Waals surface area contributed by atoms with Gasteiger partial charge in [-0.05, 0) is 19.3 Å². The van der Waals surface area contributed by atoms with Crippen LogP contribution in [0.4, 0.5) is 0 Å². The van der Waals surface area contributed by atoms with Crippen LogP contribution in [-0.4, -0.2) is 86.8 Å². The summed E-state index contributed by atoms with van der Waals surface area (Å²) in [5.41, 5.74) is -0.734. The van der Waals surface area contributed by atoms with Crippen molar-refractivity contribution in [2.24, 2.45) is 10.9 Å². The Balaban J connectivity index is 0.00000364. The molecular formula is C19H39IN4O3. The summed E-state index contributed by atoms with van der Waals surface area (Å²) in [6.45, 7) is 13.5. The lowest BCUT2D eigenvalue weighted by molar-refractivity contribution is -0.0566. The number of halogens is 1. The third kappa shape index (κ3) is 9.25. The zero-order valence-electron chi connectivity index (χ0n) is 17.2. The van der Waals surface area contributed by atoms with Crippen LogP contribution in [0.15, 0.2) is 4.99 Å². The first-order valence-corrected chi connectivity index (χ1v) is 10.2. The Hall–Kier alpha value is -0.160. The molecule has 7 nitrogen and oxygen atoms in total. The Bertz CT molecular complexity index is 425. The number of rotatable bonds is 8. The van der Waals surface area contributed by atoms with E-state index in [9.17, 15) is 5.11 Å². The maximum Gasteiger partial charge on any atom is 0.191 e. The molecule has 0 amide bonds. The maximum atomic E-state index is 10.6. The lowest BCUT2D eigenvalue weighted by Gasteiger charge is -2.36. The van der Waals surface area contributed by atoms with Crippen molar-refractivity contribution in [1.29, 1.82) is 0 Å². The molecule has 0 aromatic heterocycles. The Morgan fingerprint density at radius 1 is 1.11 bits per heavy atom. The van der Waals surface area contributed by atoms with Crippen molar-refractivity contribution in [3.63, 3.8) is 0 Å². The lowest BCUT2D eigenvalue weighted by Crippen LogP contribution is -2.51. The summed E-state index contributed by atoms with van der Waals surface area (Å²) in [7, 11) is 0. The monoisotopic (exact) mass is 498 g/mol. The fourth-order valence-corrected chi connectivity index (χ4v) is 3.54. The van der Waals surface area contributed by atoms with Crippen LogP contribution in [0.2, 0.25) is 0 Å². The van der Waals surface area contributed by atoms with Crippen LogP contribution < -0.4 is 10.6 Å². The van der Waals surface area contributed by atoms with Gasteiger partial charge in [0, 0.05) is 58.3 Å². The second-order valence-corrected chi connectivity index (χ2v) is 7.84. The van der Waals surface area contributed by atoms with E-state index in [1.54, 1.807) is 0 Å². The molecule has 0 spiro atoms. The number of nitrogens with zero attached hydrogens (tertiary/aromatic N) is 2. The number of hydrogen-bond acceptors (Lipinski definition) is 5. The molecule has 3 N–H and O–H groups in total. The van der Waals surface area contributed by atoms with Crippen LogP contribution in [0.3, 0.4) is 0 Å². The van der Waals surface area contributed by atoms with Crippen molar-refractivity contribution < 1.29 is 14.6 Å². The van der Waals surface area contributed by atoms with Gasteiger partial charge < -0.3 is 25.2 Å². The number of hydrogen-bond donors (Lipinski definition) is 3. The molecule has 2 aliphatic rings. The Morgan fingerprint density at radius 2 is 1.74 bits per heavy atom.